The smallest absolute Gasteiger partial charge is 0.221 e. The summed E-state index contributed by atoms with van der Waals surface area (Å²) in [6, 6.07) is 11.6. The quantitative estimate of drug-likeness (QED) is 0.585. The second-order valence-corrected chi connectivity index (χ2v) is 7.01. The SMILES string of the molecule is CC(=O)Nc1ccc(Cl)c(CSc2cccc3cnccc23)c1Cl. The van der Waals surface area contributed by atoms with Gasteiger partial charge < -0.3 is 5.32 Å². The summed E-state index contributed by atoms with van der Waals surface area (Å²) in [5.41, 5.74) is 1.38. The van der Waals surface area contributed by atoms with Crippen molar-refractivity contribution in [3.63, 3.8) is 0 Å². The van der Waals surface area contributed by atoms with Gasteiger partial charge in [0.25, 0.3) is 0 Å². The Morgan fingerprint density at radius 3 is 2.83 bits per heavy atom. The van der Waals surface area contributed by atoms with E-state index < -0.39 is 0 Å². The largest absolute Gasteiger partial charge is 0.325 e. The lowest BCUT2D eigenvalue weighted by Gasteiger charge is -2.12. The van der Waals surface area contributed by atoms with Gasteiger partial charge in [0.2, 0.25) is 5.91 Å². The van der Waals surface area contributed by atoms with Crippen LogP contribution >= 0.6 is 35.0 Å². The molecule has 0 aliphatic carbocycles. The molecular formula is C18H14Cl2N2OS. The lowest BCUT2D eigenvalue weighted by molar-refractivity contribution is -0.114. The maximum Gasteiger partial charge on any atom is 0.221 e. The summed E-state index contributed by atoms with van der Waals surface area (Å²) in [6.07, 6.45) is 3.63. The van der Waals surface area contributed by atoms with Gasteiger partial charge in [0.15, 0.2) is 0 Å². The lowest BCUT2D eigenvalue weighted by Crippen LogP contribution is -2.07. The fraction of sp³-hybridized carbons (Fsp3) is 0.111. The van der Waals surface area contributed by atoms with Gasteiger partial charge in [-0.2, -0.15) is 0 Å². The van der Waals surface area contributed by atoms with E-state index in [1.807, 2.05) is 24.4 Å². The van der Waals surface area contributed by atoms with Crippen LogP contribution in [0.4, 0.5) is 5.69 Å². The Morgan fingerprint density at radius 2 is 2.04 bits per heavy atom. The van der Waals surface area contributed by atoms with Crippen LogP contribution in [0.25, 0.3) is 10.8 Å². The summed E-state index contributed by atoms with van der Waals surface area (Å²) in [7, 11) is 0. The molecule has 24 heavy (non-hydrogen) atoms. The van der Waals surface area contributed by atoms with E-state index in [0.29, 0.717) is 21.5 Å². The molecule has 3 rings (SSSR count). The summed E-state index contributed by atoms with van der Waals surface area (Å²) in [5, 5.41) is 6.02. The number of fused-ring (bicyclic) bond motifs is 1. The van der Waals surface area contributed by atoms with Crippen LogP contribution in [-0.2, 0) is 10.5 Å². The lowest BCUT2D eigenvalue weighted by atomic mass is 10.2. The van der Waals surface area contributed by atoms with E-state index in [1.54, 1.807) is 30.1 Å². The van der Waals surface area contributed by atoms with Crippen molar-refractivity contribution in [1.82, 2.24) is 4.98 Å². The van der Waals surface area contributed by atoms with Gasteiger partial charge in [-0.1, -0.05) is 35.3 Å². The van der Waals surface area contributed by atoms with Crippen LogP contribution in [-0.4, -0.2) is 10.9 Å². The molecule has 1 aromatic heterocycles. The number of pyridine rings is 1. The number of benzene rings is 2. The van der Waals surface area contributed by atoms with Gasteiger partial charge in [-0.05, 0) is 29.7 Å². The minimum atomic E-state index is -0.167. The zero-order chi connectivity index (χ0) is 17.1. The number of hydrogen-bond acceptors (Lipinski definition) is 3. The van der Waals surface area contributed by atoms with Gasteiger partial charge in [0, 0.05) is 45.9 Å². The number of carbonyl (C=O) groups excluding carboxylic acids is 1. The van der Waals surface area contributed by atoms with E-state index in [4.69, 9.17) is 23.2 Å². The average molecular weight is 377 g/mol. The van der Waals surface area contributed by atoms with Gasteiger partial charge >= 0.3 is 0 Å². The molecule has 6 heteroatoms. The van der Waals surface area contributed by atoms with Crippen LogP contribution in [0.2, 0.25) is 10.0 Å². The zero-order valence-electron chi connectivity index (χ0n) is 12.8. The van der Waals surface area contributed by atoms with E-state index >= 15 is 0 Å². The first-order valence-electron chi connectivity index (χ1n) is 7.26. The van der Waals surface area contributed by atoms with Crippen LogP contribution in [0.15, 0.2) is 53.7 Å². The third-order valence-corrected chi connectivity index (χ3v) is 5.40. The highest BCUT2D eigenvalue weighted by molar-refractivity contribution is 7.98. The number of rotatable bonds is 4. The molecule has 3 aromatic rings. The van der Waals surface area contributed by atoms with Crippen LogP contribution in [0.5, 0.6) is 0 Å². The highest BCUT2D eigenvalue weighted by Crippen LogP contribution is 2.37. The molecule has 0 saturated carbocycles. The van der Waals surface area contributed by atoms with E-state index in [-0.39, 0.29) is 5.91 Å². The molecular weight excluding hydrogens is 363 g/mol. The second-order valence-electron chi connectivity index (χ2n) is 5.21. The van der Waals surface area contributed by atoms with Crippen molar-refractivity contribution in [2.24, 2.45) is 0 Å². The normalized spacial score (nSPS) is 10.8. The average Bonchev–Trinajstić information content (AvgIpc) is 2.57. The van der Waals surface area contributed by atoms with E-state index in [0.717, 1.165) is 21.2 Å². The maximum absolute atomic E-state index is 11.3. The topological polar surface area (TPSA) is 42.0 Å². The first-order valence-corrected chi connectivity index (χ1v) is 9.00. The van der Waals surface area contributed by atoms with Crippen LogP contribution < -0.4 is 5.32 Å². The molecule has 0 unspecified atom stereocenters. The Kier molecular flexibility index (Phi) is 5.29. The van der Waals surface area contributed by atoms with Gasteiger partial charge in [-0.3, -0.25) is 9.78 Å². The van der Waals surface area contributed by atoms with Crippen molar-refractivity contribution < 1.29 is 4.79 Å². The summed E-state index contributed by atoms with van der Waals surface area (Å²) in [5.74, 6) is 0.436. The molecule has 122 valence electrons. The van der Waals surface area contributed by atoms with Crippen molar-refractivity contribution in [1.29, 1.82) is 0 Å². The van der Waals surface area contributed by atoms with E-state index in [9.17, 15) is 4.79 Å². The number of halogens is 2. The predicted octanol–water partition coefficient (Wildman–Crippen LogP) is 5.79. The first-order chi connectivity index (χ1) is 11.6. The van der Waals surface area contributed by atoms with Crippen molar-refractivity contribution in [3.05, 3.63) is 64.4 Å². The highest BCUT2D eigenvalue weighted by Gasteiger charge is 2.13. The summed E-state index contributed by atoms with van der Waals surface area (Å²) in [4.78, 5) is 16.6. The van der Waals surface area contributed by atoms with Crippen LogP contribution in [0.3, 0.4) is 0 Å². The van der Waals surface area contributed by atoms with Gasteiger partial charge in [-0.15, -0.1) is 11.8 Å². The van der Waals surface area contributed by atoms with E-state index in [2.05, 4.69) is 16.4 Å². The molecule has 0 spiro atoms. The highest BCUT2D eigenvalue weighted by atomic mass is 35.5. The monoisotopic (exact) mass is 376 g/mol. The minimum Gasteiger partial charge on any atom is -0.325 e. The van der Waals surface area contributed by atoms with Crippen LogP contribution in [0, 0.1) is 0 Å². The molecule has 0 aliphatic rings. The molecule has 0 atom stereocenters. The predicted molar refractivity (Wildman–Crippen MR) is 102 cm³/mol. The van der Waals surface area contributed by atoms with Gasteiger partial charge in [0.05, 0.1) is 10.7 Å². The number of hydrogen-bond donors (Lipinski definition) is 1. The molecule has 2 aromatic carbocycles. The maximum atomic E-state index is 11.3. The Bertz CT molecular complexity index is 909. The molecule has 3 nitrogen and oxygen atoms in total. The zero-order valence-corrected chi connectivity index (χ0v) is 15.2. The molecule has 0 aliphatic heterocycles. The number of aromatic nitrogens is 1. The summed E-state index contributed by atoms with van der Waals surface area (Å²) in [6.45, 7) is 1.45. The Labute approximate surface area is 154 Å². The number of thioether (sulfide) groups is 1. The number of amides is 1. The number of nitrogens with zero attached hydrogens (tertiary/aromatic N) is 1. The van der Waals surface area contributed by atoms with Crippen molar-refractivity contribution in [3.8, 4) is 0 Å². The Balaban J connectivity index is 1.90. The molecule has 0 fully saturated rings. The van der Waals surface area contributed by atoms with E-state index in [1.165, 1.54) is 6.92 Å². The Morgan fingerprint density at radius 1 is 1.21 bits per heavy atom. The van der Waals surface area contributed by atoms with Crippen molar-refractivity contribution >= 4 is 57.3 Å². The molecule has 1 heterocycles. The Hall–Kier alpha value is -1.75. The molecule has 0 saturated heterocycles. The van der Waals surface area contributed by atoms with Crippen molar-refractivity contribution in [2.45, 2.75) is 17.6 Å². The van der Waals surface area contributed by atoms with Gasteiger partial charge in [0.1, 0.15) is 0 Å². The molecule has 0 radical (unpaired) electrons. The third kappa shape index (κ3) is 3.66. The van der Waals surface area contributed by atoms with Crippen molar-refractivity contribution in [2.75, 3.05) is 5.32 Å². The third-order valence-electron chi connectivity index (χ3n) is 3.51. The number of nitrogens with one attached hydrogen (secondary N) is 1. The molecule has 0 bridgehead atoms. The van der Waals surface area contributed by atoms with Crippen LogP contribution in [0.1, 0.15) is 12.5 Å². The number of anilines is 1. The van der Waals surface area contributed by atoms with Gasteiger partial charge in [-0.25, -0.2) is 0 Å². The minimum absolute atomic E-state index is 0.167. The molecule has 1 N–H and O–H groups in total. The molecule has 1 amide bonds. The standard InChI is InChI=1S/C18H14Cl2N2OS/c1-11(23)22-16-6-5-15(19)14(18(16)20)10-24-17-4-2-3-12-9-21-8-7-13(12)17/h2-9H,10H2,1H3,(H,22,23). The fourth-order valence-corrected chi connectivity index (χ4v) is 4.21. The fourth-order valence-electron chi connectivity index (χ4n) is 2.38. The second kappa shape index (κ2) is 7.43. The number of carbonyl (C=O) groups is 1. The first kappa shape index (κ1) is 17.1. The summed E-state index contributed by atoms with van der Waals surface area (Å²) >= 11 is 14.4. The summed E-state index contributed by atoms with van der Waals surface area (Å²) < 4.78 is 0.